The molecule has 1 saturated heterocycles. The first-order valence-electron chi connectivity index (χ1n) is 5.77. The lowest BCUT2D eigenvalue weighted by Crippen LogP contribution is -2.40. The van der Waals surface area contributed by atoms with E-state index in [4.69, 9.17) is 0 Å². The van der Waals surface area contributed by atoms with Crippen LogP contribution < -0.4 is 10.6 Å². The fourth-order valence-electron chi connectivity index (χ4n) is 1.84. The van der Waals surface area contributed by atoms with E-state index >= 15 is 0 Å². The summed E-state index contributed by atoms with van der Waals surface area (Å²) in [6.45, 7) is 0.907. The predicted molar refractivity (Wildman–Crippen MR) is 68.6 cm³/mol. The molecule has 6 heteroatoms. The normalized spacial score (nSPS) is 20.6. The molecule has 0 bridgehead atoms. The van der Waals surface area contributed by atoms with Crippen molar-refractivity contribution in [1.29, 1.82) is 0 Å². The molecule has 1 aliphatic rings. The molecule has 0 saturated carbocycles. The van der Waals surface area contributed by atoms with Gasteiger partial charge < -0.3 is 10.6 Å². The van der Waals surface area contributed by atoms with E-state index in [1.54, 1.807) is 12.4 Å². The molecule has 2 N–H and O–H groups in total. The molecule has 1 aliphatic heterocycles. The number of rotatable bonds is 2. The van der Waals surface area contributed by atoms with Gasteiger partial charge in [-0.1, -0.05) is 12.8 Å². The number of nitrogens with zero attached hydrogens (tertiary/aromatic N) is 2. The van der Waals surface area contributed by atoms with Crippen molar-refractivity contribution < 1.29 is 4.79 Å². The van der Waals surface area contributed by atoms with Gasteiger partial charge in [0.05, 0.1) is 18.4 Å². The fraction of sp³-hybridized carbons (Fsp3) is 0.545. The summed E-state index contributed by atoms with van der Waals surface area (Å²) < 4.78 is 0.656. The third kappa shape index (κ3) is 3.74. The van der Waals surface area contributed by atoms with Crippen LogP contribution in [0.4, 0.5) is 5.82 Å². The highest BCUT2D eigenvalue weighted by molar-refractivity contribution is 9.10. The van der Waals surface area contributed by atoms with Gasteiger partial charge in [-0.05, 0) is 35.3 Å². The van der Waals surface area contributed by atoms with Crippen molar-refractivity contribution in [2.24, 2.45) is 0 Å². The molecule has 1 amide bonds. The zero-order valence-corrected chi connectivity index (χ0v) is 11.0. The summed E-state index contributed by atoms with van der Waals surface area (Å²) in [4.78, 5) is 20.0. The van der Waals surface area contributed by atoms with E-state index in [1.165, 1.54) is 6.42 Å². The maximum Gasteiger partial charge on any atom is 0.242 e. The number of hydrogen-bond acceptors (Lipinski definition) is 4. The number of aromatic nitrogens is 2. The van der Waals surface area contributed by atoms with Gasteiger partial charge in [0.15, 0.2) is 5.82 Å². The highest BCUT2D eigenvalue weighted by Crippen LogP contribution is 2.11. The Hall–Kier alpha value is -1.01. The molecule has 1 aromatic heterocycles. The Labute approximate surface area is 109 Å². The van der Waals surface area contributed by atoms with E-state index in [0.717, 1.165) is 25.8 Å². The molecule has 1 atom stereocenters. The number of anilines is 1. The molecule has 1 unspecified atom stereocenters. The molecular weight excluding hydrogens is 284 g/mol. The van der Waals surface area contributed by atoms with Crippen LogP contribution in [0.15, 0.2) is 17.0 Å². The number of carbonyl (C=O) groups excluding carboxylic acids is 1. The van der Waals surface area contributed by atoms with Crippen molar-refractivity contribution in [1.82, 2.24) is 15.3 Å². The monoisotopic (exact) mass is 298 g/mol. The van der Waals surface area contributed by atoms with Gasteiger partial charge in [-0.2, -0.15) is 0 Å². The fourth-order valence-corrected chi connectivity index (χ4v) is 2.05. The van der Waals surface area contributed by atoms with Crippen LogP contribution in [-0.4, -0.2) is 28.5 Å². The van der Waals surface area contributed by atoms with Gasteiger partial charge in [0.25, 0.3) is 0 Å². The SMILES string of the molecule is O=C(Nc1cnc(Br)cn1)C1CCCCCN1. The van der Waals surface area contributed by atoms with E-state index in [1.807, 2.05) is 0 Å². The van der Waals surface area contributed by atoms with Gasteiger partial charge in [-0.15, -0.1) is 0 Å². The lowest BCUT2D eigenvalue weighted by atomic mass is 10.1. The first-order chi connectivity index (χ1) is 8.25. The quantitative estimate of drug-likeness (QED) is 0.872. The Kier molecular flexibility index (Phi) is 4.44. The van der Waals surface area contributed by atoms with Crippen LogP contribution >= 0.6 is 15.9 Å². The first kappa shape index (κ1) is 12.4. The molecule has 2 rings (SSSR count). The van der Waals surface area contributed by atoms with Crippen LogP contribution in [0.5, 0.6) is 0 Å². The molecule has 1 fully saturated rings. The molecule has 0 radical (unpaired) electrons. The van der Waals surface area contributed by atoms with Crippen molar-refractivity contribution in [3.05, 3.63) is 17.0 Å². The predicted octanol–water partition coefficient (Wildman–Crippen LogP) is 1.71. The maximum absolute atomic E-state index is 12.0. The summed E-state index contributed by atoms with van der Waals surface area (Å²) in [5.41, 5.74) is 0. The number of hydrogen-bond donors (Lipinski definition) is 2. The first-order valence-corrected chi connectivity index (χ1v) is 6.57. The van der Waals surface area contributed by atoms with Crippen molar-refractivity contribution in [3.8, 4) is 0 Å². The van der Waals surface area contributed by atoms with Crippen LogP contribution in [-0.2, 0) is 4.79 Å². The van der Waals surface area contributed by atoms with E-state index in [-0.39, 0.29) is 11.9 Å². The smallest absolute Gasteiger partial charge is 0.242 e. The second kappa shape index (κ2) is 6.07. The van der Waals surface area contributed by atoms with Crippen LogP contribution in [0, 0.1) is 0 Å². The number of halogens is 1. The highest BCUT2D eigenvalue weighted by atomic mass is 79.9. The van der Waals surface area contributed by atoms with Crippen LogP contribution in [0.1, 0.15) is 25.7 Å². The summed E-state index contributed by atoms with van der Waals surface area (Å²) in [5.74, 6) is 0.466. The number of amides is 1. The Morgan fingerprint density at radius 1 is 1.35 bits per heavy atom. The van der Waals surface area contributed by atoms with Crippen LogP contribution in [0.25, 0.3) is 0 Å². The Morgan fingerprint density at radius 3 is 3.00 bits per heavy atom. The van der Waals surface area contributed by atoms with Gasteiger partial charge in [0.1, 0.15) is 4.60 Å². The van der Waals surface area contributed by atoms with E-state index in [9.17, 15) is 4.79 Å². The van der Waals surface area contributed by atoms with E-state index in [0.29, 0.717) is 10.4 Å². The van der Waals surface area contributed by atoms with Crippen LogP contribution in [0.3, 0.4) is 0 Å². The minimum absolute atomic E-state index is 0.0245. The topological polar surface area (TPSA) is 66.9 Å². The third-order valence-electron chi connectivity index (χ3n) is 2.75. The summed E-state index contributed by atoms with van der Waals surface area (Å²) >= 11 is 3.20. The van der Waals surface area contributed by atoms with Gasteiger partial charge in [-0.25, -0.2) is 9.97 Å². The highest BCUT2D eigenvalue weighted by Gasteiger charge is 2.19. The second-order valence-corrected chi connectivity index (χ2v) is 4.88. The Balaban J connectivity index is 1.93. The molecule has 17 heavy (non-hydrogen) atoms. The number of carbonyl (C=O) groups is 1. The largest absolute Gasteiger partial charge is 0.308 e. The molecule has 5 nitrogen and oxygen atoms in total. The van der Waals surface area contributed by atoms with Crippen LogP contribution in [0.2, 0.25) is 0 Å². The summed E-state index contributed by atoms with van der Waals surface area (Å²) in [6.07, 6.45) is 7.42. The van der Waals surface area contributed by atoms with E-state index < -0.39 is 0 Å². The molecule has 1 aromatic rings. The molecule has 2 heterocycles. The molecule has 0 aromatic carbocycles. The molecular formula is C11H15BrN4O. The Morgan fingerprint density at radius 2 is 2.24 bits per heavy atom. The minimum atomic E-state index is -0.108. The van der Waals surface area contributed by atoms with Gasteiger partial charge in [0.2, 0.25) is 5.91 Å². The minimum Gasteiger partial charge on any atom is -0.308 e. The van der Waals surface area contributed by atoms with Gasteiger partial charge in [0, 0.05) is 0 Å². The van der Waals surface area contributed by atoms with Gasteiger partial charge >= 0.3 is 0 Å². The average Bonchev–Trinajstić information content (AvgIpc) is 2.61. The zero-order valence-electron chi connectivity index (χ0n) is 9.45. The molecule has 0 spiro atoms. The standard InChI is InChI=1S/C11H15BrN4O/c12-9-6-15-10(7-14-9)16-11(17)8-4-2-1-3-5-13-8/h6-8,13H,1-5H2,(H,15,16,17). The summed E-state index contributed by atoms with van der Waals surface area (Å²) in [6, 6.07) is -0.108. The summed E-state index contributed by atoms with van der Waals surface area (Å²) in [5, 5.41) is 6.01. The van der Waals surface area contributed by atoms with Crippen molar-refractivity contribution in [2.45, 2.75) is 31.7 Å². The van der Waals surface area contributed by atoms with E-state index in [2.05, 4.69) is 36.5 Å². The van der Waals surface area contributed by atoms with Crippen molar-refractivity contribution in [2.75, 3.05) is 11.9 Å². The molecule has 92 valence electrons. The molecule has 0 aliphatic carbocycles. The lowest BCUT2D eigenvalue weighted by molar-refractivity contribution is -0.118. The number of nitrogens with one attached hydrogen (secondary N) is 2. The Bertz CT molecular complexity index is 374. The maximum atomic E-state index is 12.0. The van der Waals surface area contributed by atoms with Crippen molar-refractivity contribution >= 4 is 27.7 Å². The average molecular weight is 299 g/mol. The zero-order chi connectivity index (χ0) is 12.1. The van der Waals surface area contributed by atoms with Crippen molar-refractivity contribution in [3.63, 3.8) is 0 Å². The second-order valence-electron chi connectivity index (χ2n) is 4.07. The lowest BCUT2D eigenvalue weighted by Gasteiger charge is -2.14. The van der Waals surface area contributed by atoms with Gasteiger partial charge in [-0.3, -0.25) is 4.79 Å². The third-order valence-corrected chi connectivity index (χ3v) is 3.16. The summed E-state index contributed by atoms with van der Waals surface area (Å²) in [7, 11) is 0.